The Labute approximate surface area is 115 Å². The Morgan fingerprint density at radius 2 is 2.06 bits per heavy atom. The fraction of sp³-hybridized carbons (Fsp3) is 0.385. The molecule has 1 aromatic carbocycles. The van der Waals surface area contributed by atoms with Crippen LogP contribution in [-0.4, -0.2) is 37.4 Å². The van der Waals surface area contributed by atoms with Crippen molar-refractivity contribution >= 4 is 27.7 Å². The summed E-state index contributed by atoms with van der Waals surface area (Å²) in [6, 6.07) is 5.63. The van der Waals surface area contributed by atoms with Gasteiger partial charge in [-0.2, -0.15) is 0 Å². The summed E-state index contributed by atoms with van der Waals surface area (Å²) in [5.41, 5.74) is 1.65. The minimum Gasteiger partial charge on any atom is -0.359 e. The Kier molecular flexibility index (Phi) is 5.34. The highest BCUT2D eigenvalue weighted by Crippen LogP contribution is 2.19. The third kappa shape index (κ3) is 3.84. The highest BCUT2D eigenvalue weighted by atomic mass is 79.9. The largest absolute Gasteiger partial charge is 0.359 e. The Hall–Kier alpha value is -1.36. The first-order valence-electron chi connectivity index (χ1n) is 5.68. The lowest BCUT2D eigenvalue weighted by Gasteiger charge is -2.17. The molecule has 0 unspecified atom stereocenters. The van der Waals surface area contributed by atoms with Crippen molar-refractivity contribution in [3.05, 3.63) is 33.8 Å². The van der Waals surface area contributed by atoms with Crippen molar-refractivity contribution in [3.63, 3.8) is 0 Å². The molecule has 0 aliphatic heterocycles. The van der Waals surface area contributed by atoms with E-state index in [1.807, 2.05) is 25.1 Å². The molecular formula is C13H17BrN2O2. The van der Waals surface area contributed by atoms with Crippen LogP contribution in [0.5, 0.6) is 0 Å². The summed E-state index contributed by atoms with van der Waals surface area (Å²) in [5, 5.41) is 2.53. The number of nitrogens with one attached hydrogen (secondary N) is 1. The minimum absolute atomic E-state index is 0.0713. The Bertz CT molecular complexity index is 460. The van der Waals surface area contributed by atoms with Crippen molar-refractivity contribution in [1.29, 1.82) is 0 Å². The smallest absolute Gasteiger partial charge is 0.254 e. The van der Waals surface area contributed by atoms with Crippen molar-refractivity contribution in [1.82, 2.24) is 10.2 Å². The fourth-order valence-corrected chi connectivity index (χ4v) is 1.92. The molecule has 0 radical (unpaired) electrons. The summed E-state index contributed by atoms with van der Waals surface area (Å²) >= 11 is 3.37. The maximum absolute atomic E-state index is 12.2. The molecular weight excluding hydrogens is 296 g/mol. The molecule has 0 aliphatic rings. The van der Waals surface area contributed by atoms with E-state index in [1.165, 1.54) is 0 Å². The number of benzene rings is 1. The molecule has 0 spiro atoms. The lowest BCUT2D eigenvalue weighted by atomic mass is 10.1. The van der Waals surface area contributed by atoms with Crippen LogP contribution in [0.25, 0.3) is 0 Å². The average molecular weight is 313 g/mol. The molecule has 18 heavy (non-hydrogen) atoms. The Morgan fingerprint density at radius 3 is 2.67 bits per heavy atom. The molecule has 0 saturated carbocycles. The SMILES string of the molecule is CNC(=O)CCN(C)C(=O)c1cc(C)ccc1Br. The molecule has 0 atom stereocenters. The van der Waals surface area contributed by atoms with Crippen LogP contribution in [0.2, 0.25) is 0 Å². The van der Waals surface area contributed by atoms with Gasteiger partial charge in [-0.25, -0.2) is 0 Å². The minimum atomic E-state index is -0.0884. The number of amides is 2. The van der Waals surface area contributed by atoms with Crippen molar-refractivity contribution < 1.29 is 9.59 Å². The van der Waals surface area contributed by atoms with Crippen molar-refractivity contribution in [2.45, 2.75) is 13.3 Å². The fourth-order valence-electron chi connectivity index (χ4n) is 1.50. The summed E-state index contributed by atoms with van der Waals surface area (Å²) in [4.78, 5) is 24.9. The van der Waals surface area contributed by atoms with Crippen LogP contribution in [0.15, 0.2) is 22.7 Å². The topological polar surface area (TPSA) is 49.4 Å². The number of carbonyl (C=O) groups excluding carboxylic acids is 2. The summed E-state index contributed by atoms with van der Waals surface area (Å²) in [6.45, 7) is 2.34. The molecule has 4 nitrogen and oxygen atoms in total. The Balaban J connectivity index is 2.74. The number of halogens is 1. The number of rotatable bonds is 4. The predicted octanol–water partition coefficient (Wildman–Crippen LogP) is 1.97. The van der Waals surface area contributed by atoms with Gasteiger partial charge < -0.3 is 10.2 Å². The highest BCUT2D eigenvalue weighted by molar-refractivity contribution is 9.10. The second kappa shape index (κ2) is 6.54. The van der Waals surface area contributed by atoms with Gasteiger partial charge in [-0.3, -0.25) is 9.59 Å². The number of aryl methyl sites for hydroxylation is 1. The van der Waals surface area contributed by atoms with E-state index in [-0.39, 0.29) is 11.8 Å². The number of hydrogen-bond donors (Lipinski definition) is 1. The zero-order valence-corrected chi connectivity index (χ0v) is 12.4. The van der Waals surface area contributed by atoms with Gasteiger partial charge in [-0.05, 0) is 35.0 Å². The van der Waals surface area contributed by atoms with E-state index in [1.54, 1.807) is 19.0 Å². The second-order valence-electron chi connectivity index (χ2n) is 4.13. The predicted molar refractivity (Wildman–Crippen MR) is 74.5 cm³/mol. The van der Waals surface area contributed by atoms with Gasteiger partial charge in [0.25, 0.3) is 5.91 Å². The van der Waals surface area contributed by atoms with Gasteiger partial charge in [0, 0.05) is 31.5 Å². The first-order chi connectivity index (χ1) is 8.45. The van der Waals surface area contributed by atoms with Gasteiger partial charge >= 0.3 is 0 Å². The summed E-state index contributed by atoms with van der Waals surface area (Å²) in [7, 11) is 3.28. The van der Waals surface area contributed by atoms with E-state index >= 15 is 0 Å². The van der Waals surface area contributed by atoms with E-state index in [4.69, 9.17) is 0 Å². The molecule has 1 N–H and O–H groups in total. The van der Waals surface area contributed by atoms with Gasteiger partial charge in [0.2, 0.25) is 5.91 Å². The number of nitrogens with zero attached hydrogens (tertiary/aromatic N) is 1. The summed E-state index contributed by atoms with van der Waals surface area (Å²) in [5.74, 6) is -0.160. The third-order valence-electron chi connectivity index (χ3n) is 2.65. The van der Waals surface area contributed by atoms with Crippen molar-refractivity contribution in [2.24, 2.45) is 0 Å². The van der Waals surface area contributed by atoms with Gasteiger partial charge in [-0.1, -0.05) is 11.6 Å². The van der Waals surface area contributed by atoms with Crippen LogP contribution >= 0.6 is 15.9 Å². The van der Waals surface area contributed by atoms with Gasteiger partial charge in [0.15, 0.2) is 0 Å². The van der Waals surface area contributed by atoms with Gasteiger partial charge in [0.1, 0.15) is 0 Å². The van der Waals surface area contributed by atoms with Crippen LogP contribution in [0.4, 0.5) is 0 Å². The molecule has 5 heteroatoms. The zero-order chi connectivity index (χ0) is 13.7. The molecule has 0 saturated heterocycles. The second-order valence-corrected chi connectivity index (χ2v) is 4.99. The van der Waals surface area contributed by atoms with Crippen molar-refractivity contribution in [3.8, 4) is 0 Å². The summed E-state index contributed by atoms with van der Waals surface area (Å²) in [6.07, 6.45) is 0.308. The molecule has 0 bridgehead atoms. The lowest BCUT2D eigenvalue weighted by molar-refractivity contribution is -0.120. The maximum atomic E-state index is 12.2. The van der Waals surface area contributed by atoms with Crippen molar-refractivity contribution in [2.75, 3.05) is 20.6 Å². The third-order valence-corrected chi connectivity index (χ3v) is 3.34. The normalized spacial score (nSPS) is 10.0. The molecule has 1 rings (SSSR count). The van der Waals surface area contributed by atoms with E-state index in [0.29, 0.717) is 18.5 Å². The monoisotopic (exact) mass is 312 g/mol. The maximum Gasteiger partial charge on any atom is 0.254 e. The number of carbonyl (C=O) groups is 2. The first-order valence-corrected chi connectivity index (χ1v) is 6.47. The van der Waals surface area contributed by atoms with Crippen LogP contribution in [-0.2, 0) is 4.79 Å². The Morgan fingerprint density at radius 1 is 1.39 bits per heavy atom. The van der Waals surface area contributed by atoms with Gasteiger partial charge in [-0.15, -0.1) is 0 Å². The van der Waals surface area contributed by atoms with E-state index in [0.717, 1.165) is 10.0 Å². The molecule has 2 amide bonds. The van der Waals surface area contributed by atoms with E-state index in [2.05, 4.69) is 21.2 Å². The van der Waals surface area contributed by atoms with E-state index < -0.39 is 0 Å². The quantitative estimate of drug-likeness (QED) is 0.924. The van der Waals surface area contributed by atoms with Crippen LogP contribution < -0.4 is 5.32 Å². The summed E-state index contributed by atoms with van der Waals surface area (Å²) < 4.78 is 0.768. The molecule has 98 valence electrons. The first kappa shape index (κ1) is 14.7. The van der Waals surface area contributed by atoms with Crippen LogP contribution in [0.3, 0.4) is 0 Å². The molecule has 0 aromatic heterocycles. The van der Waals surface area contributed by atoms with Crippen LogP contribution in [0.1, 0.15) is 22.3 Å². The zero-order valence-electron chi connectivity index (χ0n) is 10.8. The molecule has 0 fully saturated rings. The molecule has 0 aliphatic carbocycles. The molecule has 1 aromatic rings. The standard InChI is InChI=1S/C13H17BrN2O2/c1-9-4-5-11(14)10(8-9)13(18)16(3)7-6-12(17)15-2/h4-5,8H,6-7H2,1-3H3,(H,15,17). The number of hydrogen-bond acceptors (Lipinski definition) is 2. The highest BCUT2D eigenvalue weighted by Gasteiger charge is 2.15. The lowest BCUT2D eigenvalue weighted by Crippen LogP contribution is -2.31. The average Bonchev–Trinajstić information content (AvgIpc) is 2.37. The van der Waals surface area contributed by atoms with Gasteiger partial charge in [0.05, 0.1) is 5.56 Å². The van der Waals surface area contributed by atoms with E-state index in [9.17, 15) is 9.59 Å². The van der Waals surface area contributed by atoms with Crippen LogP contribution in [0, 0.1) is 6.92 Å². The molecule has 0 heterocycles.